The molecule has 6 nitrogen and oxygen atoms in total. The Kier molecular flexibility index (Phi) is 25.2. The van der Waals surface area contributed by atoms with E-state index < -0.39 is 5.97 Å². The van der Waals surface area contributed by atoms with E-state index in [9.17, 15) is 4.79 Å². The lowest BCUT2D eigenvalue weighted by Crippen LogP contribution is -2.09. The average Bonchev–Trinajstić information content (AvgIpc) is 2.54. The molecule has 0 heterocycles. The van der Waals surface area contributed by atoms with Gasteiger partial charge in [0.15, 0.2) is 0 Å². The first kappa shape index (κ1) is 24.6. The van der Waals surface area contributed by atoms with Crippen molar-refractivity contribution in [3.8, 4) is 0 Å². The van der Waals surface area contributed by atoms with Crippen LogP contribution >= 0.6 is 0 Å². The summed E-state index contributed by atoms with van der Waals surface area (Å²) in [6.07, 6.45) is 8.64. The molecule has 2 N–H and O–H groups in total. The average molecular weight is 336 g/mol. The fraction of sp³-hybridized carbons (Fsp3) is 0.941. The highest BCUT2D eigenvalue weighted by atomic mass is 16.5. The minimum atomic E-state index is -0.663. The van der Waals surface area contributed by atoms with Gasteiger partial charge in [-0.25, -0.2) is 0 Å². The van der Waals surface area contributed by atoms with Gasteiger partial charge in [-0.3, -0.25) is 4.79 Å². The summed E-state index contributed by atoms with van der Waals surface area (Å²) in [4.78, 5) is 10.1. The summed E-state index contributed by atoms with van der Waals surface area (Å²) < 4.78 is 14.8. The van der Waals surface area contributed by atoms with Crippen LogP contribution in [0.3, 0.4) is 0 Å². The number of aliphatic hydroxyl groups is 1. The number of ether oxygens (including phenoxy) is 3. The van der Waals surface area contributed by atoms with Gasteiger partial charge < -0.3 is 24.4 Å². The monoisotopic (exact) mass is 336 g/mol. The highest BCUT2D eigenvalue weighted by molar-refractivity contribution is 5.66. The third-order valence-electron chi connectivity index (χ3n) is 3.03. The van der Waals surface area contributed by atoms with Crippen molar-refractivity contribution in [3.63, 3.8) is 0 Å². The van der Waals surface area contributed by atoms with Crippen LogP contribution < -0.4 is 0 Å². The summed E-state index contributed by atoms with van der Waals surface area (Å²) in [5.74, 6) is -0.663. The first-order chi connectivity index (χ1) is 11.2. The summed E-state index contributed by atoms with van der Waals surface area (Å²) >= 11 is 0. The van der Waals surface area contributed by atoms with Crippen LogP contribution in [0.1, 0.15) is 58.3 Å². The topological polar surface area (TPSA) is 85.2 Å². The highest BCUT2D eigenvalue weighted by Gasteiger charge is 1.95. The van der Waals surface area contributed by atoms with E-state index in [0.29, 0.717) is 39.5 Å². The molecule has 0 saturated heterocycles. The summed E-state index contributed by atoms with van der Waals surface area (Å²) in [7, 11) is 1.63. The van der Waals surface area contributed by atoms with E-state index in [2.05, 4.69) is 6.92 Å². The maximum atomic E-state index is 10.1. The van der Waals surface area contributed by atoms with E-state index in [1.54, 1.807) is 7.11 Å². The van der Waals surface area contributed by atoms with Gasteiger partial charge in [0, 0.05) is 13.5 Å². The number of hydrogen-bond acceptors (Lipinski definition) is 5. The van der Waals surface area contributed by atoms with Gasteiger partial charge in [-0.1, -0.05) is 45.4 Å². The second-order valence-electron chi connectivity index (χ2n) is 5.21. The molecule has 6 heteroatoms. The van der Waals surface area contributed by atoms with Crippen LogP contribution in [0.5, 0.6) is 0 Å². The van der Waals surface area contributed by atoms with Crippen molar-refractivity contribution in [2.45, 2.75) is 58.3 Å². The molecule has 0 fully saturated rings. The van der Waals surface area contributed by atoms with Crippen LogP contribution in [0.4, 0.5) is 0 Å². The minimum absolute atomic E-state index is 0.0675. The zero-order chi connectivity index (χ0) is 17.6. The van der Waals surface area contributed by atoms with Gasteiger partial charge in [-0.05, 0) is 6.42 Å². The van der Waals surface area contributed by atoms with Gasteiger partial charge in [-0.2, -0.15) is 0 Å². The number of methoxy groups -OCH3 is 1. The number of rotatable bonds is 16. The number of carboxylic acid groups (broad SMARTS) is 1. The normalized spacial score (nSPS) is 10.2. The Morgan fingerprint density at radius 1 is 0.826 bits per heavy atom. The molecule has 0 atom stereocenters. The Bertz CT molecular complexity index is 215. The van der Waals surface area contributed by atoms with Gasteiger partial charge in [0.1, 0.15) is 0 Å². The van der Waals surface area contributed by atoms with Crippen molar-refractivity contribution in [3.05, 3.63) is 0 Å². The van der Waals surface area contributed by atoms with E-state index in [1.165, 1.54) is 32.1 Å². The van der Waals surface area contributed by atoms with Crippen LogP contribution in [0, 0.1) is 0 Å². The second-order valence-corrected chi connectivity index (χ2v) is 5.21. The van der Waals surface area contributed by atoms with Crippen LogP contribution in [-0.4, -0.2) is 62.9 Å². The Morgan fingerprint density at radius 2 is 1.35 bits per heavy atom. The molecular weight excluding hydrogens is 300 g/mol. The Labute approximate surface area is 141 Å². The number of aliphatic carboxylic acids is 1. The molecule has 0 bridgehead atoms. The van der Waals surface area contributed by atoms with E-state index in [1.807, 2.05) is 0 Å². The molecule has 0 aromatic heterocycles. The zero-order valence-electron chi connectivity index (χ0n) is 14.9. The number of aliphatic hydroxyl groups excluding tert-OH is 1. The fourth-order valence-corrected chi connectivity index (χ4v) is 1.76. The first-order valence-electron chi connectivity index (χ1n) is 8.66. The lowest BCUT2D eigenvalue weighted by molar-refractivity contribution is -0.137. The van der Waals surface area contributed by atoms with Gasteiger partial charge in [0.25, 0.3) is 0 Å². The number of hydrogen-bond donors (Lipinski definition) is 2. The predicted octanol–water partition coefficient (Wildman–Crippen LogP) is 2.87. The molecule has 0 aromatic carbocycles. The number of carbonyl (C=O) groups is 1. The SMILES string of the molecule is CCCCCCCCCC(=O)O.COCCOCCOCCO. The molecule has 140 valence electrons. The molecule has 0 spiro atoms. The molecule has 0 aromatic rings. The Hall–Kier alpha value is -0.690. The van der Waals surface area contributed by atoms with Crippen molar-refractivity contribution in [2.75, 3.05) is 46.8 Å². The lowest BCUT2D eigenvalue weighted by atomic mass is 10.1. The van der Waals surface area contributed by atoms with E-state index >= 15 is 0 Å². The van der Waals surface area contributed by atoms with Crippen molar-refractivity contribution < 1.29 is 29.2 Å². The molecule has 0 amide bonds. The number of unbranched alkanes of at least 4 members (excludes halogenated alkanes) is 6. The largest absolute Gasteiger partial charge is 0.481 e. The zero-order valence-corrected chi connectivity index (χ0v) is 14.9. The predicted molar refractivity (Wildman–Crippen MR) is 90.8 cm³/mol. The smallest absolute Gasteiger partial charge is 0.303 e. The van der Waals surface area contributed by atoms with E-state index in [-0.39, 0.29) is 6.61 Å². The van der Waals surface area contributed by atoms with Crippen molar-refractivity contribution in [2.24, 2.45) is 0 Å². The number of carboxylic acids is 1. The van der Waals surface area contributed by atoms with Gasteiger partial charge >= 0.3 is 5.97 Å². The van der Waals surface area contributed by atoms with Crippen molar-refractivity contribution in [1.29, 1.82) is 0 Å². The summed E-state index contributed by atoms with van der Waals surface area (Å²) in [5.41, 5.74) is 0. The molecule has 0 aliphatic heterocycles. The fourth-order valence-electron chi connectivity index (χ4n) is 1.76. The van der Waals surface area contributed by atoms with Gasteiger partial charge in [0.2, 0.25) is 0 Å². The Morgan fingerprint density at radius 3 is 1.87 bits per heavy atom. The third-order valence-corrected chi connectivity index (χ3v) is 3.03. The minimum Gasteiger partial charge on any atom is -0.481 e. The van der Waals surface area contributed by atoms with Gasteiger partial charge in [0.05, 0.1) is 39.6 Å². The molecule has 0 aliphatic carbocycles. The van der Waals surface area contributed by atoms with Crippen molar-refractivity contribution in [1.82, 2.24) is 0 Å². The molecule has 23 heavy (non-hydrogen) atoms. The van der Waals surface area contributed by atoms with E-state index in [0.717, 1.165) is 12.8 Å². The molecule has 0 radical (unpaired) electrons. The van der Waals surface area contributed by atoms with Crippen LogP contribution in [0.15, 0.2) is 0 Å². The van der Waals surface area contributed by atoms with Crippen molar-refractivity contribution >= 4 is 5.97 Å². The standard InChI is InChI=1S/C10H20O2.C7H16O4/c1-2-3-4-5-6-7-8-9-10(11)12;1-9-4-5-11-7-6-10-3-2-8/h2-9H2,1H3,(H,11,12);8H,2-7H2,1H3. The maximum Gasteiger partial charge on any atom is 0.303 e. The highest BCUT2D eigenvalue weighted by Crippen LogP contribution is 2.07. The molecule has 0 rings (SSSR count). The molecular formula is C17H36O6. The molecule has 0 aliphatic rings. The Balaban J connectivity index is 0. The summed E-state index contributed by atoms with van der Waals surface area (Å²) in [6, 6.07) is 0. The maximum absolute atomic E-state index is 10.1. The second kappa shape index (κ2) is 23.6. The van der Waals surface area contributed by atoms with Crippen LogP contribution in [0.2, 0.25) is 0 Å². The summed E-state index contributed by atoms with van der Waals surface area (Å²) in [5, 5.41) is 16.7. The third kappa shape index (κ3) is 29.9. The first-order valence-corrected chi connectivity index (χ1v) is 8.66. The molecule has 0 saturated carbocycles. The summed E-state index contributed by atoms with van der Waals surface area (Å²) in [6.45, 7) is 4.95. The quantitative estimate of drug-likeness (QED) is 0.422. The van der Waals surface area contributed by atoms with Gasteiger partial charge in [-0.15, -0.1) is 0 Å². The van der Waals surface area contributed by atoms with Crippen LogP contribution in [0.25, 0.3) is 0 Å². The molecule has 0 unspecified atom stereocenters. The van der Waals surface area contributed by atoms with E-state index in [4.69, 9.17) is 24.4 Å². The lowest BCUT2D eigenvalue weighted by Gasteiger charge is -2.03. The van der Waals surface area contributed by atoms with Crippen LogP contribution in [-0.2, 0) is 19.0 Å².